The van der Waals surface area contributed by atoms with Gasteiger partial charge in [0.25, 0.3) is 0 Å². The minimum absolute atomic E-state index is 0.375. The highest BCUT2D eigenvalue weighted by Gasteiger charge is 2.12. The molecule has 0 unspecified atom stereocenters. The third kappa shape index (κ3) is 3.03. The number of ether oxygens (including phenoxy) is 2. The van der Waals surface area contributed by atoms with Crippen LogP contribution in [0.4, 0.5) is 16.2 Å². The van der Waals surface area contributed by atoms with E-state index in [4.69, 9.17) is 9.47 Å². The second-order valence-electron chi connectivity index (χ2n) is 4.74. The van der Waals surface area contributed by atoms with Crippen molar-refractivity contribution in [3.8, 4) is 11.5 Å². The SMILES string of the molecule is COc1cccc(NC(=O)Nc2ccn3nccc3c2)c1OC. The summed E-state index contributed by atoms with van der Waals surface area (Å²) < 4.78 is 12.2. The number of carbonyl (C=O) groups excluding carboxylic acids is 1. The van der Waals surface area contributed by atoms with Gasteiger partial charge in [0, 0.05) is 18.1 Å². The highest BCUT2D eigenvalue weighted by Crippen LogP contribution is 2.34. The molecular formula is C16H16N4O3. The number of para-hydroxylation sites is 1. The molecule has 0 bridgehead atoms. The van der Waals surface area contributed by atoms with E-state index in [1.807, 2.05) is 12.1 Å². The Kier molecular flexibility index (Phi) is 4.01. The monoisotopic (exact) mass is 312 g/mol. The number of nitrogens with one attached hydrogen (secondary N) is 2. The first kappa shape index (κ1) is 14.7. The van der Waals surface area contributed by atoms with Crippen LogP contribution in [0, 0.1) is 0 Å². The highest BCUT2D eigenvalue weighted by atomic mass is 16.5. The van der Waals surface area contributed by atoms with E-state index < -0.39 is 0 Å². The molecule has 118 valence electrons. The predicted octanol–water partition coefficient (Wildman–Crippen LogP) is 3.00. The van der Waals surface area contributed by atoms with Gasteiger partial charge in [0.2, 0.25) is 0 Å². The number of pyridine rings is 1. The maximum atomic E-state index is 12.2. The number of amides is 2. The molecule has 3 aromatic rings. The van der Waals surface area contributed by atoms with E-state index in [-0.39, 0.29) is 6.03 Å². The molecule has 23 heavy (non-hydrogen) atoms. The second-order valence-corrected chi connectivity index (χ2v) is 4.74. The fourth-order valence-electron chi connectivity index (χ4n) is 2.27. The Hall–Kier alpha value is -3.22. The molecule has 1 aromatic carbocycles. The number of anilines is 2. The van der Waals surface area contributed by atoms with Crippen molar-refractivity contribution >= 4 is 22.9 Å². The van der Waals surface area contributed by atoms with Crippen molar-refractivity contribution in [3.63, 3.8) is 0 Å². The first-order chi connectivity index (χ1) is 11.2. The van der Waals surface area contributed by atoms with Crippen molar-refractivity contribution in [2.24, 2.45) is 0 Å². The number of methoxy groups -OCH3 is 2. The van der Waals surface area contributed by atoms with Crippen LogP contribution in [-0.4, -0.2) is 29.9 Å². The highest BCUT2D eigenvalue weighted by molar-refractivity contribution is 6.01. The first-order valence-corrected chi connectivity index (χ1v) is 6.93. The fraction of sp³-hybridized carbons (Fsp3) is 0.125. The number of carbonyl (C=O) groups is 1. The average molecular weight is 312 g/mol. The van der Waals surface area contributed by atoms with Crippen LogP contribution in [0.15, 0.2) is 48.8 Å². The molecule has 0 spiro atoms. The van der Waals surface area contributed by atoms with E-state index in [9.17, 15) is 4.79 Å². The van der Waals surface area contributed by atoms with Gasteiger partial charge in [0.05, 0.1) is 25.4 Å². The van der Waals surface area contributed by atoms with Crippen LogP contribution in [0.3, 0.4) is 0 Å². The molecule has 0 saturated heterocycles. The van der Waals surface area contributed by atoms with Gasteiger partial charge in [0.15, 0.2) is 11.5 Å². The number of hydrogen-bond acceptors (Lipinski definition) is 4. The number of benzene rings is 1. The Morgan fingerprint density at radius 2 is 2.00 bits per heavy atom. The van der Waals surface area contributed by atoms with Crippen LogP contribution >= 0.6 is 0 Å². The van der Waals surface area contributed by atoms with Crippen LogP contribution in [-0.2, 0) is 0 Å². The van der Waals surface area contributed by atoms with Gasteiger partial charge in [-0.25, -0.2) is 9.31 Å². The van der Waals surface area contributed by atoms with E-state index in [2.05, 4.69) is 15.7 Å². The van der Waals surface area contributed by atoms with Gasteiger partial charge in [-0.05, 0) is 30.3 Å². The molecule has 0 fully saturated rings. The zero-order valence-corrected chi connectivity index (χ0v) is 12.7. The third-order valence-electron chi connectivity index (χ3n) is 3.31. The van der Waals surface area contributed by atoms with E-state index in [1.54, 1.807) is 48.3 Å². The summed E-state index contributed by atoms with van der Waals surface area (Å²) in [7, 11) is 3.07. The number of nitrogens with zero attached hydrogens (tertiary/aromatic N) is 2. The molecule has 0 aliphatic carbocycles. The van der Waals surface area contributed by atoms with Crippen LogP contribution in [0.2, 0.25) is 0 Å². The van der Waals surface area contributed by atoms with Crippen molar-refractivity contribution in [2.75, 3.05) is 24.9 Å². The lowest BCUT2D eigenvalue weighted by Crippen LogP contribution is -2.20. The normalized spacial score (nSPS) is 10.3. The van der Waals surface area contributed by atoms with Crippen LogP contribution in [0.25, 0.3) is 5.52 Å². The minimum Gasteiger partial charge on any atom is -0.493 e. The summed E-state index contributed by atoms with van der Waals surface area (Å²) in [6, 6.07) is 10.3. The molecule has 7 nitrogen and oxygen atoms in total. The van der Waals surface area contributed by atoms with Gasteiger partial charge in [-0.2, -0.15) is 5.10 Å². The third-order valence-corrected chi connectivity index (χ3v) is 3.31. The number of hydrogen-bond donors (Lipinski definition) is 2. The van der Waals surface area contributed by atoms with Crippen molar-refractivity contribution in [1.82, 2.24) is 9.61 Å². The summed E-state index contributed by atoms with van der Waals surface area (Å²) in [5, 5.41) is 9.63. The van der Waals surface area contributed by atoms with Crippen LogP contribution in [0.1, 0.15) is 0 Å². The summed E-state index contributed by atoms with van der Waals surface area (Å²) in [4.78, 5) is 12.2. The van der Waals surface area contributed by atoms with Crippen molar-refractivity contribution in [1.29, 1.82) is 0 Å². The molecular weight excluding hydrogens is 296 g/mol. The zero-order chi connectivity index (χ0) is 16.2. The molecule has 2 aromatic heterocycles. The summed E-state index contributed by atoms with van der Waals surface area (Å²) in [5.74, 6) is 1.02. The molecule has 0 atom stereocenters. The van der Waals surface area contributed by atoms with Crippen LogP contribution in [0.5, 0.6) is 11.5 Å². The van der Waals surface area contributed by atoms with Gasteiger partial charge in [-0.1, -0.05) is 6.07 Å². The Bertz CT molecular complexity index is 844. The lowest BCUT2D eigenvalue weighted by Gasteiger charge is -2.14. The summed E-state index contributed by atoms with van der Waals surface area (Å²) in [5.41, 5.74) is 2.08. The molecule has 2 amide bonds. The number of fused-ring (bicyclic) bond motifs is 1. The maximum absolute atomic E-state index is 12.2. The number of urea groups is 1. The Balaban J connectivity index is 1.76. The fourth-order valence-corrected chi connectivity index (χ4v) is 2.27. The Morgan fingerprint density at radius 3 is 2.78 bits per heavy atom. The Morgan fingerprint density at radius 1 is 1.13 bits per heavy atom. The molecule has 0 saturated carbocycles. The summed E-state index contributed by atoms with van der Waals surface area (Å²) in [6.07, 6.45) is 3.47. The van der Waals surface area contributed by atoms with Crippen LogP contribution < -0.4 is 20.1 Å². The van der Waals surface area contributed by atoms with Gasteiger partial charge in [0.1, 0.15) is 0 Å². The first-order valence-electron chi connectivity index (χ1n) is 6.93. The van der Waals surface area contributed by atoms with E-state index in [1.165, 1.54) is 7.11 Å². The predicted molar refractivity (Wildman–Crippen MR) is 87.4 cm³/mol. The lowest BCUT2D eigenvalue weighted by molar-refractivity contribution is 0.262. The topological polar surface area (TPSA) is 76.9 Å². The lowest BCUT2D eigenvalue weighted by atomic mass is 10.2. The smallest absolute Gasteiger partial charge is 0.323 e. The maximum Gasteiger partial charge on any atom is 0.323 e. The van der Waals surface area contributed by atoms with E-state index in [0.717, 1.165) is 5.52 Å². The molecule has 7 heteroatoms. The van der Waals surface area contributed by atoms with Crippen molar-refractivity contribution in [2.45, 2.75) is 0 Å². The summed E-state index contributed by atoms with van der Waals surface area (Å²) in [6.45, 7) is 0. The van der Waals surface area contributed by atoms with E-state index in [0.29, 0.717) is 22.9 Å². The molecule has 2 heterocycles. The van der Waals surface area contributed by atoms with Crippen molar-refractivity contribution in [3.05, 3.63) is 48.8 Å². The van der Waals surface area contributed by atoms with Gasteiger partial charge < -0.3 is 20.1 Å². The molecule has 2 N–H and O–H groups in total. The second kappa shape index (κ2) is 6.27. The largest absolute Gasteiger partial charge is 0.493 e. The molecule has 0 aliphatic rings. The number of aromatic nitrogens is 2. The molecule has 0 aliphatic heterocycles. The number of rotatable bonds is 4. The zero-order valence-electron chi connectivity index (χ0n) is 12.7. The Labute approximate surface area is 132 Å². The van der Waals surface area contributed by atoms with Crippen molar-refractivity contribution < 1.29 is 14.3 Å². The van der Waals surface area contributed by atoms with Gasteiger partial charge >= 0.3 is 6.03 Å². The minimum atomic E-state index is -0.375. The average Bonchev–Trinajstić information content (AvgIpc) is 3.02. The molecule has 3 rings (SSSR count). The van der Waals surface area contributed by atoms with Gasteiger partial charge in [-0.15, -0.1) is 0 Å². The van der Waals surface area contributed by atoms with E-state index >= 15 is 0 Å². The summed E-state index contributed by atoms with van der Waals surface area (Å²) >= 11 is 0. The molecule has 0 radical (unpaired) electrons. The van der Waals surface area contributed by atoms with Gasteiger partial charge in [-0.3, -0.25) is 0 Å². The standard InChI is InChI=1S/C16H16N4O3/c1-22-14-5-3-4-13(15(14)23-2)19-16(21)18-11-7-9-20-12(10-11)6-8-17-20/h3-10H,1-2H3,(H2,18,19,21). The quantitative estimate of drug-likeness (QED) is 0.776.